The minimum absolute atomic E-state index is 0.0431. The molecule has 2 N–H and O–H groups in total. The lowest BCUT2D eigenvalue weighted by atomic mass is 10.1. The minimum atomic E-state index is -0.336. The van der Waals surface area contributed by atoms with Gasteiger partial charge in [0, 0.05) is 6.42 Å². The van der Waals surface area contributed by atoms with Crippen LogP contribution in [0, 0.1) is 6.92 Å². The van der Waals surface area contributed by atoms with E-state index in [1.54, 1.807) is 0 Å². The van der Waals surface area contributed by atoms with Crippen molar-refractivity contribution in [1.29, 1.82) is 0 Å². The minimum Gasteiger partial charge on any atom is -0.394 e. The predicted molar refractivity (Wildman–Crippen MR) is 83.9 cm³/mol. The van der Waals surface area contributed by atoms with E-state index in [0.717, 1.165) is 11.1 Å². The predicted octanol–water partition coefficient (Wildman–Crippen LogP) is 2.78. The van der Waals surface area contributed by atoms with Crippen LogP contribution in [-0.4, -0.2) is 17.6 Å². The summed E-state index contributed by atoms with van der Waals surface area (Å²) in [7, 11) is 0. The average Bonchev–Trinajstić information content (AvgIpc) is 2.53. The second kappa shape index (κ2) is 7.60. The van der Waals surface area contributed by atoms with Crippen LogP contribution >= 0.6 is 0 Å². The number of aryl methyl sites for hydroxylation is 2. The van der Waals surface area contributed by atoms with Gasteiger partial charge in [-0.15, -0.1) is 0 Å². The fraction of sp³-hybridized carbons (Fsp3) is 0.278. The monoisotopic (exact) mass is 283 g/mol. The quantitative estimate of drug-likeness (QED) is 0.856. The van der Waals surface area contributed by atoms with Gasteiger partial charge in [-0.3, -0.25) is 4.79 Å². The Morgan fingerprint density at radius 3 is 2.38 bits per heavy atom. The molecule has 2 aromatic rings. The van der Waals surface area contributed by atoms with Crippen LogP contribution in [0.25, 0.3) is 0 Å². The molecule has 0 bridgehead atoms. The van der Waals surface area contributed by atoms with E-state index in [1.165, 1.54) is 5.56 Å². The van der Waals surface area contributed by atoms with Crippen molar-refractivity contribution in [1.82, 2.24) is 5.32 Å². The molecular formula is C18H21NO2. The normalized spacial score (nSPS) is 11.9. The van der Waals surface area contributed by atoms with Gasteiger partial charge in [0.05, 0.1) is 12.6 Å². The average molecular weight is 283 g/mol. The van der Waals surface area contributed by atoms with Crippen molar-refractivity contribution in [2.45, 2.75) is 25.8 Å². The molecule has 2 rings (SSSR count). The molecule has 1 amide bonds. The molecule has 3 nitrogen and oxygen atoms in total. The van der Waals surface area contributed by atoms with Gasteiger partial charge in [0.2, 0.25) is 5.91 Å². The number of benzene rings is 2. The second-order valence-corrected chi connectivity index (χ2v) is 5.20. The van der Waals surface area contributed by atoms with E-state index in [4.69, 9.17) is 0 Å². The van der Waals surface area contributed by atoms with E-state index in [2.05, 4.69) is 5.32 Å². The van der Waals surface area contributed by atoms with Gasteiger partial charge in [0.15, 0.2) is 0 Å². The van der Waals surface area contributed by atoms with Crippen molar-refractivity contribution in [3.8, 4) is 0 Å². The SMILES string of the molecule is Cc1ccc(CCC(=O)N[C@H](CO)c2ccccc2)cc1. The molecule has 0 aromatic heterocycles. The zero-order chi connectivity index (χ0) is 15.1. The molecule has 110 valence electrons. The fourth-order valence-electron chi connectivity index (χ4n) is 2.20. The van der Waals surface area contributed by atoms with Crippen molar-refractivity contribution in [2.75, 3.05) is 6.61 Å². The lowest BCUT2D eigenvalue weighted by Gasteiger charge is -2.16. The Bertz CT molecular complexity index is 564. The van der Waals surface area contributed by atoms with Gasteiger partial charge in [-0.2, -0.15) is 0 Å². The summed E-state index contributed by atoms with van der Waals surface area (Å²) in [6.07, 6.45) is 1.13. The molecule has 0 aliphatic rings. The smallest absolute Gasteiger partial charge is 0.220 e. The first-order valence-corrected chi connectivity index (χ1v) is 7.20. The zero-order valence-electron chi connectivity index (χ0n) is 12.3. The maximum atomic E-state index is 12.0. The van der Waals surface area contributed by atoms with Crippen molar-refractivity contribution < 1.29 is 9.90 Å². The summed E-state index contributed by atoms with van der Waals surface area (Å²) in [5.74, 6) is -0.0431. The molecule has 0 aliphatic heterocycles. The van der Waals surface area contributed by atoms with Crippen LogP contribution in [0.3, 0.4) is 0 Å². The van der Waals surface area contributed by atoms with Gasteiger partial charge in [-0.05, 0) is 24.5 Å². The molecule has 21 heavy (non-hydrogen) atoms. The number of hydrogen-bond donors (Lipinski definition) is 2. The van der Waals surface area contributed by atoms with Crippen molar-refractivity contribution >= 4 is 5.91 Å². The molecule has 0 saturated heterocycles. The van der Waals surface area contributed by atoms with Gasteiger partial charge in [0.1, 0.15) is 0 Å². The molecule has 0 spiro atoms. The first-order chi connectivity index (χ1) is 10.2. The van der Waals surface area contributed by atoms with Crippen molar-refractivity contribution in [3.63, 3.8) is 0 Å². The highest BCUT2D eigenvalue weighted by Gasteiger charge is 2.13. The fourth-order valence-corrected chi connectivity index (χ4v) is 2.20. The van der Waals surface area contributed by atoms with Gasteiger partial charge < -0.3 is 10.4 Å². The number of amides is 1. The van der Waals surface area contributed by atoms with Gasteiger partial charge in [-0.25, -0.2) is 0 Å². The number of aliphatic hydroxyl groups excluding tert-OH is 1. The van der Waals surface area contributed by atoms with E-state index in [-0.39, 0.29) is 18.6 Å². The molecule has 0 radical (unpaired) electrons. The van der Waals surface area contributed by atoms with Gasteiger partial charge >= 0.3 is 0 Å². The number of carbonyl (C=O) groups is 1. The summed E-state index contributed by atoms with van der Waals surface area (Å²) >= 11 is 0. The van der Waals surface area contributed by atoms with Gasteiger partial charge in [0.25, 0.3) is 0 Å². The third kappa shape index (κ3) is 4.72. The molecule has 0 saturated carbocycles. The molecule has 0 heterocycles. The lowest BCUT2D eigenvalue weighted by molar-refractivity contribution is -0.122. The molecule has 1 atom stereocenters. The topological polar surface area (TPSA) is 49.3 Å². The molecule has 3 heteroatoms. The summed E-state index contributed by atoms with van der Waals surface area (Å²) in [5, 5.41) is 12.3. The van der Waals surface area contributed by atoms with Crippen molar-refractivity contribution in [3.05, 3.63) is 71.3 Å². The Hall–Kier alpha value is -2.13. The van der Waals surface area contributed by atoms with E-state index < -0.39 is 0 Å². The Morgan fingerprint density at radius 1 is 1.10 bits per heavy atom. The van der Waals surface area contributed by atoms with E-state index >= 15 is 0 Å². The highest BCUT2D eigenvalue weighted by molar-refractivity contribution is 5.76. The Kier molecular flexibility index (Phi) is 5.52. The van der Waals surface area contributed by atoms with Crippen molar-refractivity contribution in [2.24, 2.45) is 0 Å². The third-order valence-corrected chi connectivity index (χ3v) is 3.48. The van der Waals surface area contributed by atoms with Crippen LogP contribution in [0.4, 0.5) is 0 Å². The lowest BCUT2D eigenvalue weighted by Crippen LogP contribution is -2.30. The Morgan fingerprint density at radius 2 is 1.76 bits per heavy atom. The standard InChI is InChI=1S/C18H21NO2/c1-14-7-9-15(10-8-14)11-12-18(21)19-17(13-20)16-5-3-2-4-6-16/h2-10,17,20H,11-13H2,1H3,(H,19,21)/t17-/m1/s1. The molecule has 0 aliphatic carbocycles. The summed E-state index contributed by atoms with van der Waals surface area (Å²) in [4.78, 5) is 12.0. The van der Waals surface area contributed by atoms with E-state index in [9.17, 15) is 9.90 Å². The third-order valence-electron chi connectivity index (χ3n) is 3.48. The number of hydrogen-bond acceptors (Lipinski definition) is 2. The first kappa shape index (κ1) is 15.3. The Labute approximate surface area is 125 Å². The highest BCUT2D eigenvalue weighted by Crippen LogP contribution is 2.12. The maximum absolute atomic E-state index is 12.0. The Balaban J connectivity index is 1.87. The molecule has 2 aromatic carbocycles. The van der Waals surface area contributed by atoms with E-state index in [0.29, 0.717) is 12.8 Å². The summed E-state index contributed by atoms with van der Waals surface area (Å²) in [6, 6.07) is 17.4. The van der Waals surface area contributed by atoms with Crippen LogP contribution < -0.4 is 5.32 Å². The van der Waals surface area contributed by atoms with Crippen LogP contribution in [0.15, 0.2) is 54.6 Å². The molecule has 0 fully saturated rings. The maximum Gasteiger partial charge on any atom is 0.220 e. The van der Waals surface area contributed by atoms with E-state index in [1.807, 2.05) is 61.5 Å². The number of carbonyl (C=O) groups excluding carboxylic acids is 1. The largest absolute Gasteiger partial charge is 0.394 e. The van der Waals surface area contributed by atoms with Crippen LogP contribution in [-0.2, 0) is 11.2 Å². The summed E-state index contributed by atoms with van der Waals surface area (Å²) in [6.45, 7) is 1.95. The zero-order valence-corrected chi connectivity index (χ0v) is 12.3. The molecule has 0 unspecified atom stereocenters. The summed E-state index contributed by atoms with van der Waals surface area (Å²) < 4.78 is 0. The summed E-state index contributed by atoms with van der Waals surface area (Å²) in [5.41, 5.74) is 3.28. The highest BCUT2D eigenvalue weighted by atomic mass is 16.3. The van der Waals surface area contributed by atoms with Crippen LogP contribution in [0.5, 0.6) is 0 Å². The second-order valence-electron chi connectivity index (χ2n) is 5.20. The number of rotatable bonds is 6. The first-order valence-electron chi connectivity index (χ1n) is 7.20. The molecular weight excluding hydrogens is 262 g/mol. The number of aliphatic hydroxyl groups is 1. The van der Waals surface area contributed by atoms with Crippen LogP contribution in [0.1, 0.15) is 29.2 Å². The number of nitrogens with one attached hydrogen (secondary N) is 1. The van der Waals surface area contributed by atoms with Gasteiger partial charge in [-0.1, -0.05) is 60.2 Å². The van der Waals surface area contributed by atoms with Crippen LogP contribution in [0.2, 0.25) is 0 Å².